The van der Waals surface area contributed by atoms with E-state index in [9.17, 15) is 0 Å². The molecule has 0 bridgehead atoms. The lowest BCUT2D eigenvalue weighted by Crippen LogP contribution is -2.53. The van der Waals surface area contributed by atoms with Gasteiger partial charge in [0.05, 0.1) is 13.2 Å². The number of hydrogen-bond donors (Lipinski definition) is 2. The Morgan fingerprint density at radius 1 is 1.22 bits per heavy atom. The van der Waals surface area contributed by atoms with E-state index in [1.807, 2.05) is 0 Å². The number of para-hydroxylation sites is 1. The molecule has 0 spiro atoms. The lowest BCUT2D eigenvalue weighted by molar-refractivity contribution is -0.0861. The molecule has 1 aromatic carbocycles. The van der Waals surface area contributed by atoms with Crippen LogP contribution in [0.4, 0.5) is 0 Å². The number of nitrogens with one attached hydrogen (secondary N) is 2. The van der Waals surface area contributed by atoms with Crippen LogP contribution in [0.1, 0.15) is 12.0 Å². The monoisotopic (exact) mass is 242 g/mol. The smallest absolute Gasteiger partial charge is 0.0589 e. The Morgan fingerprint density at radius 2 is 2.11 bits per heavy atom. The van der Waals surface area contributed by atoms with Crippen LogP contribution in [0, 0.1) is 5.92 Å². The van der Waals surface area contributed by atoms with Gasteiger partial charge in [0, 0.05) is 22.5 Å². The Balaban J connectivity index is 1.84. The predicted octanol–water partition coefficient (Wildman–Crippen LogP) is 2.05. The predicted molar refractivity (Wildman–Crippen MR) is 71.8 cm³/mol. The van der Waals surface area contributed by atoms with Gasteiger partial charge in [-0.15, -0.1) is 0 Å². The second-order valence-electron chi connectivity index (χ2n) is 5.59. The fourth-order valence-electron chi connectivity index (χ4n) is 3.54. The summed E-state index contributed by atoms with van der Waals surface area (Å²) >= 11 is 0. The molecular formula is C15H18N2O. The third-order valence-electron chi connectivity index (χ3n) is 4.69. The van der Waals surface area contributed by atoms with Gasteiger partial charge in [-0.1, -0.05) is 18.2 Å². The maximum absolute atomic E-state index is 5.58. The highest BCUT2D eigenvalue weighted by molar-refractivity contribution is 5.84. The van der Waals surface area contributed by atoms with Crippen molar-refractivity contribution in [3.05, 3.63) is 36.0 Å². The molecule has 2 N–H and O–H groups in total. The van der Waals surface area contributed by atoms with Crippen LogP contribution in [0.2, 0.25) is 0 Å². The number of H-pyrrole nitrogens is 1. The van der Waals surface area contributed by atoms with Crippen molar-refractivity contribution in [2.24, 2.45) is 5.92 Å². The van der Waals surface area contributed by atoms with E-state index in [-0.39, 0.29) is 5.41 Å². The van der Waals surface area contributed by atoms with Crippen molar-refractivity contribution in [1.29, 1.82) is 0 Å². The number of aromatic amines is 1. The van der Waals surface area contributed by atoms with Gasteiger partial charge in [-0.05, 0) is 37.1 Å². The van der Waals surface area contributed by atoms with E-state index in [1.54, 1.807) is 0 Å². The average molecular weight is 242 g/mol. The van der Waals surface area contributed by atoms with Crippen molar-refractivity contribution in [2.75, 3.05) is 26.3 Å². The van der Waals surface area contributed by atoms with Crippen LogP contribution in [0.3, 0.4) is 0 Å². The quantitative estimate of drug-likeness (QED) is 0.845. The van der Waals surface area contributed by atoms with Gasteiger partial charge in [0.25, 0.3) is 0 Å². The third-order valence-corrected chi connectivity index (χ3v) is 4.69. The zero-order chi connectivity index (χ0) is 12.0. The van der Waals surface area contributed by atoms with Gasteiger partial charge in [0.2, 0.25) is 0 Å². The molecule has 94 valence electrons. The average Bonchev–Trinajstić information content (AvgIpc) is 2.98. The molecule has 18 heavy (non-hydrogen) atoms. The minimum Gasteiger partial charge on any atom is -0.379 e. The molecule has 4 rings (SSSR count). The topological polar surface area (TPSA) is 37.0 Å². The van der Waals surface area contributed by atoms with Crippen LogP contribution in [-0.2, 0) is 10.2 Å². The van der Waals surface area contributed by atoms with E-state index in [0.29, 0.717) is 5.92 Å². The molecule has 3 heteroatoms. The summed E-state index contributed by atoms with van der Waals surface area (Å²) in [7, 11) is 0. The lowest BCUT2D eigenvalue weighted by atomic mass is 9.68. The number of aromatic nitrogens is 1. The van der Waals surface area contributed by atoms with Gasteiger partial charge in [-0.25, -0.2) is 0 Å². The number of fused-ring (bicyclic) bond motifs is 1. The summed E-state index contributed by atoms with van der Waals surface area (Å²) in [5, 5.41) is 4.86. The van der Waals surface area contributed by atoms with Crippen LogP contribution in [0.5, 0.6) is 0 Å². The highest BCUT2D eigenvalue weighted by Gasteiger charge is 2.48. The minimum absolute atomic E-state index is 0.239. The van der Waals surface area contributed by atoms with E-state index >= 15 is 0 Å². The summed E-state index contributed by atoms with van der Waals surface area (Å²) in [6.07, 6.45) is 3.47. The summed E-state index contributed by atoms with van der Waals surface area (Å²) in [4.78, 5) is 3.41. The van der Waals surface area contributed by atoms with Gasteiger partial charge in [-0.3, -0.25) is 0 Å². The fraction of sp³-hybridized carbons (Fsp3) is 0.467. The van der Waals surface area contributed by atoms with Crippen molar-refractivity contribution >= 4 is 10.9 Å². The second-order valence-corrected chi connectivity index (χ2v) is 5.59. The molecular weight excluding hydrogens is 224 g/mol. The Kier molecular flexibility index (Phi) is 2.26. The summed E-state index contributed by atoms with van der Waals surface area (Å²) in [5.41, 5.74) is 2.94. The summed E-state index contributed by atoms with van der Waals surface area (Å²) in [6.45, 7) is 4.03. The standard InChI is InChI=1S/C15H18N2O/c1-2-4-14-12(3-1)13(8-17-14)15(9-18-10-15)11-5-6-16-7-11/h1-4,8,11,16-17H,5-7,9-10H2. The van der Waals surface area contributed by atoms with Crippen LogP contribution in [0.25, 0.3) is 10.9 Å². The molecule has 2 aliphatic rings. The van der Waals surface area contributed by atoms with Gasteiger partial charge >= 0.3 is 0 Å². The van der Waals surface area contributed by atoms with Crippen molar-refractivity contribution < 1.29 is 4.74 Å². The number of hydrogen-bond acceptors (Lipinski definition) is 2. The first-order valence-electron chi connectivity index (χ1n) is 6.75. The van der Waals surface area contributed by atoms with Crippen LogP contribution >= 0.6 is 0 Å². The first kappa shape index (κ1) is 10.6. The van der Waals surface area contributed by atoms with E-state index in [1.165, 1.54) is 22.9 Å². The number of rotatable bonds is 2. The van der Waals surface area contributed by atoms with E-state index < -0.39 is 0 Å². The molecule has 2 saturated heterocycles. The normalized spacial score (nSPS) is 26.3. The summed E-state index contributed by atoms with van der Waals surface area (Å²) < 4.78 is 5.58. The minimum atomic E-state index is 0.239. The molecule has 0 amide bonds. The number of benzene rings is 1. The summed E-state index contributed by atoms with van der Waals surface area (Å²) in [5.74, 6) is 0.713. The second kappa shape index (κ2) is 3.84. The molecule has 2 fully saturated rings. The first-order chi connectivity index (χ1) is 8.90. The molecule has 0 aliphatic carbocycles. The van der Waals surface area contributed by atoms with Crippen molar-refractivity contribution in [2.45, 2.75) is 11.8 Å². The van der Waals surface area contributed by atoms with Gasteiger partial charge in [0.15, 0.2) is 0 Å². The van der Waals surface area contributed by atoms with Crippen LogP contribution < -0.4 is 5.32 Å². The van der Waals surface area contributed by atoms with Crippen molar-refractivity contribution in [3.8, 4) is 0 Å². The van der Waals surface area contributed by atoms with Gasteiger partial charge < -0.3 is 15.0 Å². The highest BCUT2D eigenvalue weighted by Crippen LogP contribution is 2.44. The molecule has 0 saturated carbocycles. The highest BCUT2D eigenvalue weighted by atomic mass is 16.5. The molecule has 3 nitrogen and oxygen atoms in total. The summed E-state index contributed by atoms with van der Waals surface area (Å²) in [6, 6.07) is 8.59. The van der Waals surface area contributed by atoms with E-state index in [0.717, 1.165) is 26.3 Å². The maximum Gasteiger partial charge on any atom is 0.0589 e. The fourth-order valence-corrected chi connectivity index (χ4v) is 3.54. The van der Waals surface area contributed by atoms with Gasteiger partial charge in [0.1, 0.15) is 0 Å². The first-order valence-corrected chi connectivity index (χ1v) is 6.75. The van der Waals surface area contributed by atoms with E-state index in [4.69, 9.17) is 4.74 Å². The Bertz CT molecular complexity index is 565. The van der Waals surface area contributed by atoms with Crippen molar-refractivity contribution in [1.82, 2.24) is 10.3 Å². The van der Waals surface area contributed by atoms with Crippen LogP contribution in [0.15, 0.2) is 30.5 Å². The molecule has 1 aromatic heterocycles. The van der Waals surface area contributed by atoms with Crippen molar-refractivity contribution in [3.63, 3.8) is 0 Å². The zero-order valence-corrected chi connectivity index (χ0v) is 10.4. The Morgan fingerprint density at radius 3 is 2.83 bits per heavy atom. The molecule has 2 aromatic rings. The van der Waals surface area contributed by atoms with E-state index in [2.05, 4.69) is 40.8 Å². The SMILES string of the molecule is c1ccc2c(C3(C4CCNC4)COC3)c[nH]c2c1. The largest absolute Gasteiger partial charge is 0.379 e. The van der Waals surface area contributed by atoms with Gasteiger partial charge in [-0.2, -0.15) is 0 Å². The molecule has 3 heterocycles. The third kappa shape index (κ3) is 1.32. The maximum atomic E-state index is 5.58. The Labute approximate surface area is 107 Å². The Hall–Kier alpha value is -1.32. The molecule has 1 atom stereocenters. The van der Waals surface area contributed by atoms with Crippen LogP contribution in [-0.4, -0.2) is 31.3 Å². The number of ether oxygens (including phenoxy) is 1. The lowest BCUT2D eigenvalue weighted by Gasteiger charge is -2.46. The molecule has 2 aliphatic heterocycles. The zero-order valence-electron chi connectivity index (χ0n) is 10.4. The molecule has 1 unspecified atom stereocenters. The molecule has 0 radical (unpaired) electrons.